The van der Waals surface area contributed by atoms with Crippen molar-refractivity contribution in [3.63, 3.8) is 0 Å². The van der Waals surface area contributed by atoms with Gasteiger partial charge < -0.3 is 9.84 Å². The summed E-state index contributed by atoms with van der Waals surface area (Å²) < 4.78 is 5.23. The van der Waals surface area contributed by atoms with Crippen LogP contribution in [-0.2, 0) is 11.8 Å². The lowest BCUT2D eigenvalue weighted by atomic mass is 9.75. The van der Waals surface area contributed by atoms with Crippen molar-refractivity contribution in [3.8, 4) is 11.5 Å². The van der Waals surface area contributed by atoms with Crippen molar-refractivity contribution in [3.05, 3.63) is 53.6 Å². The number of aromatic hydroxyl groups is 1. The zero-order valence-corrected chi connectivity index (χ0v) is 15.7. The second-order valence-electron chi connectivity index (χ2n) is 5.63. The minimum absolute atomic E-state index is 0.0285. The average molecular weight is 333 g/mol. The Morgan fingerprint density at radius 2 is 1.70 bits per heavy atom. The topological polar surface area (TPSA) is 29.5 Å². The first-order chi connectivity index (χ1) is 11.0. The molecule has 0 heterocycles. The number of hydrogen-bond donors (Lipinski definition) is 2. The van der Waals surface area contributed by atoms with Gasteiger partial charge in [-0.15, -0.1) is 12.6 Å². The van der Waals surface area contributed by atoms with Gasteiger partial charge in [0.05, 0.1) is 7.11 Å². The molecule has 3 heteroatoms. The van der Waals surface area contributed by atoms with Gasteiger partial charge in [-0.3, -0.25) is 0 Å². The molecular formula is C20H28O2S. The fourth-order valence-corrected chi connectivity index (χ4v) is 2.83. The second kappa shape index (κ2) is 8.88. The number of ether oxygens (including phenoxy) is 1. The fourth-order valence-electron chi connectivity index (χ4n) is 2.55. The highest BCUT2D eigenvalue weighted by molar-refractivity contribution is 7.80. The minimum atomic E-state index is 0.0285. The van der Waals surface area contributed by atoms with E-state index in [9.17, 15) is 5.11 Å². The van der Waals surface area contributed by atoms with Crippen molar-refractivity contribution < 1.29 is 9.84 Å². The Labute approximate surface area is 145 Å². The molecule has 23 heavy (non-hydrogen) atoms. The van der Waals surface area contributed by atoms with E-state index in [1.54, 1.807) is 19.2 Å². The third kappa shape index (κ3) is 4.93. The molecule has 2 aromatic rings. The van der Waals surface area contributed by atoms with Gasteiger partial charge in [0.2, 0.25) is 0 Å². The van der Waals surface area contributed by atoms with E-state index in [1.165, 1.54) is 5.56 Å². The summed E-state index contributed by atoms with van der Waals surface area (Å²) in [6.45, 7) is 8.46. The van der Waals surface area contributed by atoms with E-state index in [0.29, 0.717) is 0 Å². The first kappa shape index (κ1) is 19.4. The number of thiol groups is 1. The molecular weight excluding hydrogens is 304 g/mol. The van der Waals surface area contributed by atoms with Crippen LogP contribution in [0.4, 0.5) is 0 Å². The van der Waals surface area contributed by atoms with Gasteiger partial charge in [0.1, 0.15) is 11.5 Å². The summed E-state index contributed by atoms with van der Waals surface area (Å²) in [7, 11) is 1.68. The molecule has 0 amide bonds. The Morgan fingerprint density at radius 3 is 2.17 bits per heavy atom. The molecule has 0 fully saturated rings. The maximum absolute atomic E-state index is 9.50. The Balaban J connectivity index is 0.00000127. The highest BCUT2D eigenvalue weighted by Gasteiger charge is 2.25. The van der Waals surface area contributed by atoms with E-state index in [0.717, 1.165) is 29.1 Å². The van der Waals surface area contributed by atoms with Gasteiger partial charge in [-0.05, 0) is 53.6 Å². The predicted octanol–water partition coefficient (Wildman–Crippen LogP) is 5.63. The Morgan fingerprint density at radius 1 is 1.09 bits per heavy atom. The number of methoxy groups -OCH3 is 1. The van der Waals surface area contributed by atoms with Crippen LogP contribution in [0.1, 0.15) is 45.2 Å². The van der Waals surface area contributed by atoms with E-state index >= 15 is 0 Å². The van der Waals surface area contributed by atoms with Gasteiger partial charge in [0.15, 0.2) is 0 Å². The summed E-state index contributed by atoms with van der Waals surface area (Å²) in [5, 5.41) is 9.50. The predicted molar refractivity (Wildman–Crippen MR) is 101 cm³/mol. The SMILES string of the molecule is CC.CC[C@@](C)(Cc1ccc(O)cc1S)c1ccc(OC)cc1. The Kier molecular flexibility index (Phi) is 7.50. The molecule has 0 unspecified atom stereocenters. The molecule has 0 saturated heterocycles. The quantitative estimate of drug-likeness (QED) is 0.695. The van der Waals surface area contributed by atoms with E-state index < -0.39 is 0 Å². The molecule has 2 nitrogen and oxygen atoms in total. The molecule has 0 radical (unpaired) electrons. The Bertz CT molecular complexity index is 608. The molecule has 0 spiro atoms. The molecule has 0 saturated carbocycles. The second-order valence-corrected chi connectivity index (χ2v) is 6.11. The van der Waals surface area contributed by atoms with E-state index in [-0.39, 0.29) is 11.2 Å². The number of benzene rings is 2. The van der Waals surface area contributed by atoms with E-state index in [2.05, 4.69) is 38.6 Å². The summed E-state index contributed by atoms with van der Waals surface area (Å²) in [6, 6.07) is 13.6. The average Bonchev–Trinajstić information content (AvgIpc) is 2.59. The molecule has 0 aliphatic heterocycles. The molecule has 2 aromatic carbocycles. The van der Waals surface area contributed by atoms with Gasteiger partial charge in [0.25, 0.3) is 0 Å². The van der Waals surface area contributed by atoms with Crippen LogP contribution in [0, 0.1) is 0 Å². The lowest BCUT2D eigenvalue weighted by Crippen LogP contribution is -2.24. The number of hydrogen-bond acceptors (Lipinski definition) is 3. The number of phenols is 1. The molecule has 0 bridgehead atoms. The largest absolute Gasteiger partial charge is 0.508 e. The van der Waals surface area contributed by atoms with Crippen LogP contribution in [0.5, 0.6) is 11.5 Å². The molecule has 126 valence electrons. The van der Waals surface area contributed by atoms with Crippen LogP contribution < -0.4 is 4.74 Å². The maximum atomic E-state index is 9.50. The van der Waals surface area contributed by atoms with Gasteiger partial charge >= 0.3 is 0 Å². The molecule has 2 rings (SSSR count). The third-order valence-corrected chi connectivity index (χ3v) is 4.63. The van der Waals surface area contributed by atoms with Crippen molar-refractivity contribution in [1.29, 1.82) is 0 Å². The van der Waals surface area contributed by atoms with Gasteiger partial charge in [0, 0.05) is 4.90 Å². The highest BCUT2D eigenvalue weighted by atomic mass is 32.1. The third-order valence-electron chi connectivity index (χ3n) is 4.22. The van der Waals surface area contributed by atoms with Crippen LogP contribution in [0.25, 0.3) is 0 Å². The van der Waals surface area contributed by atoms with Crippen LogP contribution >= 0.6 is 12.6 Å². The van der Waals surface area contributed by atoms with Gasteiger partial charge in [-0.2, -0.15) is 0 Å². The normalized spacial score (nSPS) is 12.8. The Hall–Kier alpha value is -1.61. The summed E-state index contributed by atoms with van der Waals surface area (Å²) in [5.74, 6) is 1.13. The zero-order valence-electron chi connectivity index (χ0n) is 14.8. The smallest absolute Gasteiger partial charge is 0.118 e. The summed E-state index contributed by atoms with van der Waals surface area (Å²) in [4.78, 5) is 0.836. The maximum Gasteiger partial charge on any atom is 0.118 e. The van der Waals surface area contributed by atoms with Crippen LogP contribution in [-0.4, -0.2) is 12.2 Å². The first-order valence-electron chi connectivity index (χ1n) is 8.14. The van der Waals surface area contributed by atoms with Crippen molar-refractivity contribution in [2.24, 2.45) is 0 Å². The van der Waals surface area contributed by atoms with Gasteiger partial charge in [-0.25, -0.2) is 0 Å². The lowest BCUT2D eigenvalue weighted by molar-refractivity contribution is 0.412. The highest BCUT2D eigenvalue weighted by Crippen LogP contribution is 2.34. The first-order valence-corrected chi connectivity index (χ1v) is 8.58. The fraction of sp³-hybridized carbons (Fsp3) is 0.400. The van der Waals surface area contributed by atoms with Crippen molar-refractivity contribution in [2.45, 2.75) is 50.8 Å². The lowest BCUT2D eigenvalue weighted by Gasteiger charge is -2.30. The van der Waals surface area contributed by atoms with Crippen molar-refractivity contribution >= 4 is 12.6 Å². The monoisotopic (exact) mass is 332 g/mol. The van der Waals surface area contributed by atoms with E-state index in [1.807, 2.05) is 32.0 Å². The van der Waals surface area contributed by atoms with Crippen molar-refractivity contribution in [1.82, 2.24) is 0 Å². The molecule has 0 aromatic heterocycles. The zero-order chi connectivity index (χ0) is 17.5. The molecule has 0 aliphatic carbocycles. The van der Waals surface area contributed by atoms with Crippen molar-refractivity contribution in [2.75, 3.05) is 7.11 Å². The summed E-state index contributed by atoms with van der Waals surface area (Å²) in [5.41, 5.74) is 2.46. The molecule has 1 N–H and O–H groups in total. The standard InChI is InChI=1S/C18H22O2S.C2H6/c1-4-18(2,14-6-9-16(20-3)10-7-14)12-13-5-8-15(19)11-17(13)21;1-2/h5-11,19,21H,4,12H2,1-3H3;1-2H3/t18-;/m0./s1. The number of phenolic OH excluding ortho intramolecular Hbond substituents is 1. The van der Waals surface area contributed by atoms with Crippen LogP contribution in [0.15, 0.2) is 47.4 Å². The van der Waals surface area contributed by atoms with Gasteiger partial charge in [-0.1, -0.05) is 45.9 Å². The minimum Gasteiger partial charge on any atom is -0.508 e. The summed E-state index contributed by atoms with van der Waals surface area (Å²) in [6.07, 6.45) is 1.91. The summed E-state index contributed by atoms with van der Waals surface area (Å²) >= 11 is 4.48. The molecule has 0 aliphatic rings. The molecule has 1 atom stereocenters. The van der Waals surface area contributed by atoms with Crippen LogP contribution in [0.3, 0.4) is 0 Å². The van der Waals surface area contributed by atoms with Crippen LogP contribution in [0.2, 0.25) is 0 Å². The van der Waals surface area contributed by atoms with E-state index in [4.69, 9.17) is 4.74 Å². The number of rotatable bonds is 5.